The third kappa shape index (κ3) is 5.88. The molecule has 0 aromatic heterocycles. The number of alkyl carbamates (subject to hydrolysis) is 1. The van der Waals surface area contributed by atoms with E-state index >= 15 is 0 Å². The zero-order chi connectivity index (χ0) is 17.6. The summed E-state index contributed by atoms with van der Waals surface area (Å²) >= 11 is 0. The van der Waals surface area contributed by atoms with E-state index in [-0.39, 0.29) is 31.8 Å². The Labute approximate surface area is 158 Å². The van der Waals surface area contributed by atoms with Gasteiger partial charge in [0.05, 0.1) is 12.0 Å². The van der Waals surface area contributed by atoms with Crippen LogP contribution in [-0.2, 0) is 25.2 Å². The number of ether oxygens (including phenoxy) is 1. The Morgan fingerprint density at radius 2 is 2.04 bits per heavy atom. The number of carboxylic acids is 1. The van der Waals surface area contributed by atoms with Crippen molar-refractivity contribution >= 4 is 19.6 Å². The minimum absolute atomic E-state index is 0. The van der Waals surface area contributed by atoms with Crippen LogP contribution in [0.3, 0.4) is 0 Å². The van der Waals surface area contributed by atoms with Crippen LogP contribution in [0.5, 0.6) is 0 Å². The first kappa shape index (κ1) is 21.7. The van der Waals surface area contributed by atoms with Gasteiger partial charge in [-0.1, -0.05) is 30.3 Å². The van der Waals surface area contributed by atoms with Crippen LogP contribution in [0, 0.1) is 0 Å². The van der Waals surface area contributed by atoms with Crippen molar-refractivity contribution < 1.29 is 47.4 Å². The number of carbonyl (C=O) groups is 2. The number of carbonyl (C=O) groups excluding carboxylic acids is 2. The molecule has 1 saturated heterocycles. The average molecular weight is 362 g/mol. The van der Waals surface area contributed by atoms with Crippen LogP contribution in [0.4, 0.5) is 4.79 Å². The maximum Gasteiger partial charge on any atom is 1.00 e. The molecule has 1 heterocycles. The van der Waals surface area contributed by atoms with Crippen molar-refractivity contribution in [2.24, 2.45) is 0 Å². The molecule has 25 heavy (non-hydrogen) atoms. The molecule has 1 aliphatic rings. The van der Waals surface area contributed by atoms with Gasteiger partial charge in [-0.25, -0.2) is 9.46 Å². The Bertz CT molecular complexity index is 630. The van der Waals surface area contributed by atoms with Crippen molar-refractivity contribution in [1.29, 1.82) is 0 Å². The minimum atomic E-state index is -3.51. The van der Waals surface area contributed by atoms with E-state index in [1.807, 2.05) is 30.3 Å². The predicted molar refractivity (Wildman–Crippen MR) is 84.0 cm³/mol. The van der Waals surface area contributed by atoms with Crippen LogP contribution in [-0.4, -0.2) is 42.7 Å². The van der Waals surface area contributed by atoms with Gasteiger partial charge in [-0.2, -0.15) is 0 Å². The molecule has 10 heteroatoms. The summed E-state index contributed by atoms with van der Waals surface area (Å²) in [5.41, 5.74) is 0.819. The van der Waals surface area contributed by atoms with Crippen LogP contribution < -0.4 is 29.3 Å². The summed E-state index contributed by atoms with van der Waals surface area (Å²) in [7, 11) is -2.28. The Balaban J connectivity index is 0.00000312. The molecule has 1 unspecified atom stereocenters. The van der Waals surface area contributed by atoms with Crippen molar-refractivity contribution in [2.45, 2.75) is 25.5 Å². The Morgan fingerprint density at radius 3 is 2.64 bits per heavy atom. The van der Waals surface area contributed by atoms with Gasteiger partial charge in [0.15, 0.2) is 0 Å². The van der Waals surface area contributed by atoms with Crippen LogP contribution >= 0.6 is 7.52 Å². The zero-order valence-electron chi connectivity index (χ0n) is 14.3. The number of rotatable bonds is 7. The van der Waals surface area contributed by atoms with Crippen LogP contribution in [0.2, 0.25) is 0 Å². The first-order valence-electron chi connectivity index (χ1n) is 7.53. The molecule has 1 aromatic rings. The van der Waals surface area contributed by atoms with E-state index < -0.39 is 25.6 Å². The number of hydrogen-bond acceptors (Lipinski definition) is 6. The Morgan fingerprint density at radius 1 is 1.36 bits per heavy atom. The van der Waals surface area contributed by atoms with E-state index in [0.29, 0.717) is 19.4 Å². The number of carboxylic acid groups (broad SMARTS) is 1. The number of amides is 1. The largest absolute Gasteiger partial charge is 1.00 e. The molecule has 1 aliphatic heterocycles. The second-order valence-corrected chi connectivity index (χ2v) is 7.83. The molecule has 2 rings (SSSR count). The molecule has 1 fully saturated rings. The Kier molecular flexibility index (Phi) is 8.70. The van der Waals surface area contributed by atoms with Gasteiger partial charge in [0.1, 0.15) is 12.9 Å². The van der Waals surface area contributed by atoms with E-state index in [1.54, 1.807) is 0 Å². The molecular formula is C15H20LiN2O6P. The summed E-state index contributed by atoms with van der Waals surface area (Å²) in [5.74, 6) is -1.29. The maximum atomic E-state index is 12.8. The molecule has 132 valence electrons. The first-order chi connectivity index (χ1) is 11.5. The fourth-order valence-corrected chi connectivity index (χ4v) is 4.48. The SMILES string of the molecule is COP(=O)(CNC(=O)OCc1ccccc1)N1CCC[C@H]1C(=O)[O-].[Li+]. The van der Waals surface area contributed by atoms with E-state index in [2.05, 4.69) is 5.32 Å². The second-order valence-electron chi connectivity index (χ2n) is 5.36. The van der Waals surface area contributed by atoms with Gasteiger partial charge in [-0.15, -0.1) is 0 Å². The minimum Gasteiger partial charge on any atom is -0.548 e. The van der Waals surface area contributed by atoms with Crippen molar-refractivity contribution in [1.82, 2.24) is 9.99 Å². The molecule has 0 saturated carbocycles. The molecule has 0 spiro atoms. The number of hydrogen-bond donors (Lipinski definition) is 1. The Hall–Kier alpha value is -1.29. The summed E-state index contributed by atoms with van der Waals surface area (Å²) < 4.78 is 24.2. The monoisotopic (exact) mass is 362 g/mol. The summed E-state index contributed by atoms with van der Waals surface area (Å²) in [6.45, 7) is 0.389. The van der Waals surface area contributed by atoms with Gasteiger partial charge in [-0.05, 0) is 18.4 Å². The van der Waals surface area contributed by atoms with Crippen molar-refractivity contribution in [3.05, 3.63) is 35.9 Å². The number of aliphatic carboxylic acids is 1. The molecule has 0 bridgehead atoms. The molecular weight excluding hydrogens is 342 g/mol. The van der Waals surface area contributed by atoms with E-state index in [1.165, 1.54) is 11.8 Å². The van der Waals surface area contributed by atoms with E-state index in [0.717, 1.165) is 5.56 Å². The smallest absolute Gasteiger partial charge is 0.548 e. The molecule has 0 radical (unpaired) electrons. The van der Waals surface area contributed by atoms with Crippen molar-refractivity contribution in [2.75, 3.05) is 19.9 Å². The maximum absolute atomic E-state index is 12.8. The predicted octanol–water partition coefficient (Wildman–Crippen LogP) is -2.07. The number of nitrogens with one attached hydrogen (secondary N) is 1. The molecule has 0 aliphatic carbocycles. The fraction of sp³-hybridized carbons (Fsp3) is 0.467. The summed E-state index contributed by atoms with van der Waals surface area (Å²) in [6.07, 6.45) is -0.167. The van der Waals surface area contributed by atoms with E-state index in [4.69, 9.17) is 9.26 Å². The van der Waals surface area contributed by atoms with Crippen molar-refractivity contribution in [3.63, 3.8) is 0 Å². The summed E-state index contributed by atoms with van der Waals surface area (Å²) in [6, 6.07) is 8.14. The fourth-order valence-electron chi connectivity index (χ4n) is 2.55. The average Bonchev–Trinajstić information content (AvgIpc) is 3.09. The first-order valence-corrected chi connectivity index (χ1v) is 9.30. The quantitative estimate of drug-likeness (QED) is 0.438. The third-order valence-corrected chi connectivity index (χ3v) is 6.20. The summed E-state index contributed by atoms with van der Waals surface area (Å²) in [5, 5.41) is 13.5. The standard InChI is InChI=1S/C15H21N2O6P.Li/c1-22-24(21,17-9-5-8-13(17)14(18)19)11-16-15(20)23-10-12-6-3-2-4-7-12;/h2-4,6-7,13H,5,8-11H2,1H3,(H,16,20)(H,18,19);/q;+1/p-1/t13-,24?;/m0./s1. The van der Waals surface area contributed by atoms with E-state index in [9.17, 15) is 19.3 Å². The van der Waals surface area contributed by atoms with Gasteiger partial charge < -0.3 is 24.5 Å². The van der Waals surface area contributed by atoms with Gasteiger partial charge in [0.25, 0.3) is 7.52 Å². The normalized spacial score (nSPS) is 19.5. The number of nitrogens with zero attached hydrogens (tertiary/aromatic N) is 1. The molecule has 1 amide bonds. The molecule has 1 aromatic carbocycles. The van der Waals surface area contributed by atoms with Gasteiger partial charge in [-0.3, -0.25) is 4.57 Å². The third-order valence-electron chi connectivity index (χ3n) is 3.81. The zero-order valence-corrected chi connectivity index (χ0v) is 15.2. The summed E-state index contributed by atoms with van der Waals surface area (Å²) in [4.78, 5) is 22.9. The molecule has 2 atom stereocenters. The van der Waals surface area contributed by atoms with Crippen LogP contribution in [0.15, 0.2) is 30.3 Å². The topological polar surface area (TPSA) is 108 Å². The van der Waals surface area contributed by atoms with Crippen LogP contribution in [0.25, 0.3) is 0 Å². The van der Waals surface area contributed by atoms with Gasteiger partial charge >= 0.3 is 25.0 Å². The van der Waals surface area contributed by atoms with Crippen molar-refractivity contribution in [3.8, 4) is 0 Å². The number of benzene rings is 1. The van der Waals surface area contributed by atoms with Gasteiger partial charge in [0.2, 0.25) is 0 Å². The molecule has 8 nitrogen and oxygen atoms in total. The second kappa shape index (κ2) is 10.0. The van der Waals surface area contributed by atoms with Crippen LogP contribution in [0.1, 0.15) is 18.4 Å². The molecule has 1 N–H and O–H groups in total. The van der Waals surface area contributed by atoms with Gasteiger partial charge in [0, 0.05) is 13.7 Å².